The predicted octanol–water partition coefficient (Wildman–Crippen LogP) is 4.04. The molecule has 1 heterocycles. The van der Waals surface area contributed by atoms with Crippen LogP contribution in [0.15, 0.2) is 51.7 Å². The second-order valence-electron chi connectivity index (χ2n) is 4.51. The summed E-state index contributed by atoms with van der Waals surface area (Å²) in [5.41, 5.74) is -0.170. The first-order valence-electron chi connectivity index (χ1n) is 6.30. The van der Waals surface area contributed by atoms with Gasteiger partial charge in [0.05, 0.1) is 5.02 Å². The molecular formula is C16H9ClFNO3. The Hall–Kier alpha value is -2.66. The fraction of sp³-hybridized carbons (Fsp3) is 0. The van der Waals surface area contributed by atoms with Crippen LogP contribution in [0.4, 0.5) is 4.39 Å². The Morgan fingerprint density at radius 2 is 2.05 bits per heavy atom. The van der Waals surface area contributed by atoms with Gasteiger partial charge in [0.25, 0.3) is 0 Å². The molecule has 0 bridgehead atoms. The molecule has 0 amide bonds. The summed E-state index contributed by atoms with van der Waals surface area (Å²) in [6.07, 6.45) is 1.16. The molecule has 0 fully saturated rings. The van der Waals surface area contributed by atoms with E-state index < -0.39 is 11.4 Å². The van der Waals surface area contributed by atoms with E-state index in [0.717, 1.165) is 12.1 Å². The van der Waals surface area contributed by atoms with Gasteiger partial charge >= 0.3 is 5.63 Å². The number of hydrogen-bond acceptors (Lipinski definition) is 4. The highest BCUT2D eigenvalue weighted by Gasteiger charge is 2.10. The minimum Gasteiger partial charge on any atom is -0.507 e. The average Bonchev–Trinajstić information content (AvgIpc) is 2.48. The van der Waals surface area contributed by atoms with Crippen LogP contribution in [-0.2, 0) is 0 Å². The summed E-state index contributed by atoms with van der Waals surface area (Å²) < 4.78 is 18.1. The Morgan fingerprint density at radius 1 is 1.27 bits per heavy atom. The van der Waals surface area contributed by atoms with Crippen LogP contribution in [0.2, 0.25) is 5.02 Å². The quantitative estimate of drug-likeness (QED) is 0.725. The third-order valence-electron chi connectivity index (χ3n) is 3.00. The number of nitrogens with zero attached hydrogens (tertiary/aromatic N) is 1. The molecule has 3 rings (SSSR count). The molecule has 0 saturated carbocycles. The van der Waals surface area contributed by atoms with Gasteiger partial charge in [0.15, 0.2) is 11.3 Å². The fourth-order valence-corrected chi connectivity index (χ4v) is 2.19. The van der Waals surface area contributed by atoms with Gasteiger partial charge < -0.3 is 9.52 Å². The summed E-state index contributed by atoms with van der Waals surface area (Å²) in [5.74, 6) is -0.744. The SMILES string of the molecule is O=c1oc2cc(F)ccc2nc1C=C(O)c1ccccc1Cl. The van der Waals surface area contributed by atoms with Crippen molar-refractivity contribution in [2.75, 3.05) is 0 Å². The summed E-state index contributed by atoms with van der Waals surface area (Å²) in [4.78, 5) is 15.9. The summed E-state index contributed by atoms with van der Waals surface area (Å²) in [6, 6.07) is 10.3. The Balaban J connectivity index is 2.12. The maximum Gasteiger partial charge on any atom is 0.362 e. The maximum absolute atomic E-state index is 13.1. The zero-order valence-corrected chi connectivity index (χ0v) is 11.8. The Bertz CT molecular complexity index is 950. The minimum absolute atomic E-state index is 0.0411. The number of fused-ring (bicyclic) bond motifs is 1. The predicted molar refractivity (Wildman–Crippen MR) is 82.2 cm³/mol. The summed E-state index contributed by atoms with van der Waals surface area (Å²) >= 11 is 5.97. The topological polar surface area (TPSA) is 63.3 Å². The van der Waals surface area contributed by atoms with Crippen LogP contribution in [0.3, 0.4) is 0 Å². The average molecular weight is 318 g/mol. The zero-order valence-electron chi connectivity index (χ0n) is 11.1. The highest BCUT2D eigenvalue weighted by molar-refractivity contribution is 6.32. The lowest BCUT2D eigenvalue weighted by molar-refractivity contribution is 0.513. The van der Waals surface area contributed by atoms with Crippen molar-refractivity contribution < 1.29 is 13.9 Å². The van der Waals surface area contributed by atoms with Gasteiger partial charge in [-0.1, -0.05) is 23.7 Å². The highest BCUT2D eigenvalue weighted by atomic mass is 35.5. The van der Waals surface area contributed by atoms with E-state index in [1.807, 2.05) is 0 Å². The van der Waals surface area contributed by atoms with Crippen LogP contribution in [0.25, 0.3) is 22.9 Å². The largest absolute Gasteiger partial charge is 0.507 e. The van der Waals surface area contributed by atoms with E-state index in [2.05, 4.69) is 4.98 Å². The Kier molecular flexibility index (Phi) is 3.65. The first kappa shape index (κ1) is 14.3. The molecule has 0 radical (unpaired) electrons. The molecule has 110 valence electrons. The number of rotatable bonds is 2. The van der Waals surface area contributed by atoms with Gasteiger partial charge in [-0.2, -0.15) is 0 Å². The van der Waals surface area contributed by atoms with Gasteiger partial charge in [0, 0.05) is 17.7 Å². The molecule has 0 saturated heterocycles. The van der Waals surface area contributed by atoms with Crippen molar-refractivity contribution in [3.63, 3.8) is 0 Å². The Morgan fingerprint density at radius 3 is 2.82 bits per heavy atom. The molecule has 6 heteroatoms. The van der Waals surface area contributed by atoms with Crippen molar-refractivity contribution >= 4 is 34.5 Å². The van der Waals surface area contributed by atoms with Gasteiger partial charge in [-0.25, -0.2) is 14.2 Å². The Labute approximate surface area is 129 Å². The number of aliphatic hydroxyl groups is 1. The van der Waals surface area contributed by atoms with Crippen molar-refractivity contribution in [1.82, 2.24) is 4.98 Å². The first-order valence-corrected chi connectivity index (χ1v) is 6.68. The lowest BCUT2D eigenvalue weighted by atomic mass is 10.1. The molecule has 1 N–H and O–H groups in total. The van der Waals surface area contributed by atoms with Crippen LogP contribution in [-0.4, -0.2) is 10.1 Å². The van der Waals surface area contributed by atoms with Gasteiger partial charge in [-0.05, 0) is 24.3 Å². The van der Waals surface area contributed by atoms with Crippen LogP contribution in [0.5, 0.6) is 0 Å². The van der Waals surface area contributed by atoms with E-state index >= 15 is 0 Å². The molecule has 0 spiro atoms. The molecule has 4 nitrogen and oxygen atoms in total. The smallest absolute Gasteiger partial charge is 0.362 e. The van der Waals surface area contributed by atoms with Crippen LogP contribution in [0.1, 0.15) is 11.3 Å². The van der Waals surface area contributed by atoms with Crippen LogP contribution in [0, 0.1) is 5.82 Å². The maximum atomic E-state index is 13.1. The summed E-state index contributed by atoms with van der Waals surface area (Å²) in [6.45, 7) is 0. The van der Waals surface area contributed by atoms with E-state index in [-0.39, 0.29) is 17.0 Å². The summed E-state index contributed by atoms with van der Waals surface area (Å²) in [7, 11) is 0. The van der Waals surface area contributed by atoms with E-state index in [9.17, 15) is 14.3 Å². The number of aliphatic hydroxyl groups excluding tert-OH is 1. The van der Waals surface area contributed by atoms with Gasteiger partial charge in [-0.15, -0.1) is 0 Å². The van der Waals surface area contributed by atoms with Crippen molar-refractivity contribution in [3.8, 4) is 0 Å². The van der Waals surface area contributed by atoms with Gasteiger partial charge in [0.2, 0.25) is 0 Å². The number of halogens is 2. The number of hydrogen-bond donors (Lipinski definition) is 1. The minimum atomic E-state index is -0.781. The van der Waals surface area contributed by atoms with Crippen molar-refractivity contribution in [3.05, 3.63) is 75.0 Å². The lowest BCUT2D eigenvalue weighted by Gasteiger charge is -2.03. The third kappa shape index (κ3) is 2.71. The molecule has 0 aliphatic rings. The van der Waals surface area contributed by atoms with Gasteiger partial charge in [0.1, 0.15) is 17.1 Å². The number of aromatic nitrogens is 1. The molecule has 2 aromatic carbocycles. The second-order valence-corrected chi connectivity index (χ2v) is 4.92. The molecule has 3 aromatic rings. The van der Waals surface area contributed by atoms with E-state index in [4.69, 9.17) is 16.0 Å². The van der Waals surface area contributed by atoms with Crippen molar-refractivity contribution in [2.45, 2.75) is 0 Å². The van der Waals surface area contributed by atoms with Crippen molar-refractivity contribution in [1.29, 1.82) is 0 Å². The number of benzene rings is 2. The monoisotopic (exact) mass is 317 g/mol. The second kappa shape index (κ2) is 5.61. The lowest BCUT2D eigenvalue weighted by Crippen LogP contribution is -2.06. The zero-order chi connectivity index (χ0) is 15.7. The fourth-order valence-electron chi connectivity index (χ4n) is 1.96. The summed E-state index contributed by atoms with van der Waals surface area (Å²) in [5, 5.41) is 10.4. The molecule has 0 unspecified atom stereocenters. The molecule has 22 heavy (non-hydrogen) atoms. The third-order valence-corrected chi connectivity index (χ3v) is 3.33. The standard InChI is InChI=1S/C16H9ClFNO3/c17-11-4-2-1-3-10(11)14(20)8-13-16(21)22-15-7-9(18)5-6-12(15)19-13/h1-8,20H. The van der Waals surface area contributed by atoms with Gasteiger partial charge in [-0.3, -0.25) is 0 Å². The van der Waals surface area contributed by atoms with E-state index in [1.165, 1.54) is 12.1 Å². The first-order chi connectivity index (χ1) is 10.5. The normalized spacial score (nSPS) is 11.8. The molecular weight excluding hydrogens is 309 g/mol. The van der Waals surface area contributed by atoms with Crippen LogP contribution < -0.4 is 5.63 Å². The molecule has 0 aliphatic carbocycles. The van der Waals surface area contributed by atoms with Crippen LogP contribution >= 0.6 is 11.6 Å². The van der Waals surface area contributed by atoms with Crippen molar-refractivity contribution in [2.24, 2.45) is 0 Å². The highest BCUT2D eigenvalue weighted by Crippen LogP contribution is 2.23. The van der Waals surface area contributed by atoms with E-state index in [1.54, 1.807) is 24.3 Å². The molecule has 1 aromatic heterocycles. The molecule has 0 atom stereocenters. The van der Waals surface area contributed by atoms with E-state index in [0.29, 0.717) is 16.1 Å². The molecule has 0 aliphatic heterocycles.